The Morgan fingerprint density at radius 2 is 1.18 bits per heavy atom. The van der Waals surface area contributed by atoms with Gasteiger partial charge in [0, 0.05) is 6.54 Å². The Bertz CT molecular complexity index is 1410. The highest BCUT2D eigenvalue weighted by Crippen LogP contribution is 2.46. The van der Waals surface area contributed by atoms with E-state index in [2.05, 4.69) is 83.9 Å². The van der Waals surface area contributed by atoms with Gasteiger partial charge in [0.15, 0.2) is 0 Å². The molecule has 0 bridgehead atoms. The van der Waals surface area contributed by atoms with Crippen LogP contribution in [0.5, 0.6) is 0 Å². The molecule has 6 rings (SSSR count). The summed E-state index contributed by atoms with van der Waals surface area (Å²) in [6, 6.07) is 39.3. The van der Waals surface area contributed by atoms with E-state index in [1.54, 1.807) is 0 Å². The molecule has 0 N–H and O–H groups in total. The summed E-state index contributed by atoms with van der Waals surface area (Å²) in [6.07, 6.45) is 7.58. The Labute approximate surface area is 231 Å². The molecule has 4 nitrogen and oxygen atoms in total. The quantitative estimate of drug-likeness (QED) is 0.259. The molecule has 196 valence electrons. The van der Waals surface area contributed by atoms with Gasteiger partial charge >= 0.3 is 6.09 Å². The zero-order chi connectivity index (χ0) is 26.5. The van der Waals surface area contributed by atoms with Crippen molar-refractivity contribution < 1.29 is 9.53 Å². The third kappa shape index (κ3) is 5.39. The van der Waals surface area contributed by atoms with Gasteiger partial charge in [0.25, 0.3) is 0 Å². The number of amides is 1. The lowest BCUT2D eigenvalue weighted by molar-refractivity contribution is -0.0480. The van der Waals surface area contributed by atoms with Crippen molar-refractivity contribution in [1.29, 1.82) is 0 Å². The zero-order valence-electron chi connectivity index (χ0n) is 22.2. The number of carbonyl (C=O) groups excluding carboxylic acids is 1. The van der Waals surface area contributed by atoms with Crippen LogP contribution in [0.25, 0.3) is 16.8 Å². The molecule has 1 amide bonds. The fourth-order valence-electron chi connectivity index (χ4n) is 5.92. The first kappa shape index (κ1) is 25.1. The molecular formula is C35H34N2O2. The van der Waals surface area contributed by atoms with Crippen molar-refractivity contribution in [2.75, 3.05) is 0 Å². The number of rotatable bonds is 6. The van der Waals surface area contributed by atoms with Crippen molar-refractivity contribution in [3.05, 3.63) is 138 Å². The first-order valence-corrected chi connectivity index (χ1v) is 13.9. The van der Waals surface area contributed by atoms with Gasteiger partial charge in [-0.15, -0.1) is 0 Å². The van der Waals surface area contributed by atoms with E-state index in [9.17, 15) is 4.79 Å². The third-order valence-electron chi connectivity index (χ3n) is 7.95. The number of benzene rings is 4. The number of nitrogens with zero attached hydrogens (tertiary/aromatic N) is 2. The molecule has 0 unspecified atom stereocenters. The first-order chi connectivity index (χ1) is 19.2. The minimum Gasteiger partial charge on any atom is -0.443 e. The van der Waals surface area contributed by atoms with Gasteiger partial charge in [0.05, 0.1) is 11.2 Å². The molecule has 1 fully saturated rings. The van der Waals surface area contributed by atoms with Crippen LogP contribution in [0.15, 0.2) is 121 Å². The maximum Gasteiger partial charge on any atom is 0.429 e. The molecule has 1 saturated carbocycles. The minimum absolute atomic E-state index is 0.215. The molecule has 0 atom stereocenters. The summed E-state index contributed by atoms with van der Waals surface area (Å²) >= 11 is 0. The van der Waals surface area contributed by atoms with Crippen LogP contribution in [-0.2, 0) is 17.9 Å². The number of carbonyl (C=O) groups is 1. The summed E-state index contributed by atoms with van der Waals surface area (Å²) in [7, 11) is 0. The second-order valence-electron chi connectivity index (χ2n) is 10.5. The van der Waals surface area contributed by atoms with Crippen molar-refractivity contribution in [2.45, 2.75) is 50.8 Å². The molecule has 0 saturated heterocycles. The van der Waals surface area contributed by atoms with E-state index < -0.39 is 0 Å². The largest absolute Gasteiger partial charge is 0.443 e. The van der Waals surface area contributed by atoms with E-state index in [1.807, 2.05) is 47.5 Å². The normalized spacial score (nSPS) is 16.7. The molecule has 1 heterocycles. The second-order valence-corrected chi connectivity index (χ2v) is 10.5. The van der Waals surface area contributed by atoms with Gasteiger partial charge in [0.2, 0.25) is 0 Å². The topological polar surface area (TPSA) is 32.8 Å². The van der Waals surface area contributed by atoms with Crippen LogP contribution in [0.2, 0.25) is 0 Å². The number of hydrogen-bond donors (Lipinski definition) is 0. The van der Waals surface area contributed by atoms with E-state index in [1.165, 1.54) is 17.5 Å². The lowest BCUT2D eigenvalue weighted by Gasteiger charge is -2.43. The van der Waals surface area contributed by atoms with E-state index in [0.29, 0.717) is 6.54 Å². The van der Waals surface area contributed by atoms with Crippen LogP contribution in [0.3, 0.4) is 0 Å². The monoisotopic (exact) mass is 514 g/mol. The van der Waals surface area contributed by atoms with Gasteiger partial charge in [-0.1, -0.05) is 135 Å². The third-order valence-corrected chi connectivity index (χ3v) is 7.95. The van der Waals surface area contributed by atoms with Crippen molar-refractivity contribution >= 4 is 11.8 Å². The molecular weight excluding hydrogens is 480 g/mol. The van der Waals surface area contributed by atoms with E-state index in [-0.39, 0.29) is 18.2 Å². The van der Waals surface area contributed by atoms with Gasteiger partial charge in [-0.2, -0.15) is 5.01 Å². The Hall–Kier alpha value is -4.15. The maximum atomic E-state index is 13.9. The highest BCUT2D eigenvalue weighted by atomic mass is 16.6. The van der Waals surface area contributed by atoms with E-state index >= 15 is 0 Å². The van der Waals surface area contributed by atoms with Gasteiger partial charge < -0.3 is 4.74 Å². The van der Waals surface area contributed by atoms with Crippen LogP contribution >= 0.6 is 0 Å². The molecule has 1 spiro atoms. The smallest absolute Gasteiger partial charge is 0.429 e. The summed E-state index contributed by atoms with van der Waals surface area (Å²) in [4.78, 5) is 13.9. The summed E-state index contributed by atoms with van der Waals surface area (Å²) in [5.74, 6) is 0. The maximum absolute atomic E-state index is 13.9. The molecule has 0 aromatic heterocycles. The average molecular weight is 515 g/mol. The lowest BCUT2D eigenvalue weighted by atomic mass is 9.81. The minimum atomic E-state index is -0.337. The first-order valence-electron chi connectivity index (χ1n) is 13.9. The van der Waals surface area contributed by atoms with Crippen molar-refractivity contribution in [1.82, 2.24) is 10.0 Å². The molecule has 1 aliphatic heterocycles. The second kappa shape index (κ2) is 11.3. The van der Waals surface area contributed by atoms with Crippen LogP contribution in [0.1, 0.15) is 48.8 Å². The molecule has 4 heteroatoms. The van der Waals surface area contributed by atoms with E-state index in [0.717, 1.165) is 48.1 Å². The number of hydrazine groups is 1. The van der Waals surface area contributed by atoms with Gasteiger partial charge in [-0.25, -0.2) is 9.80 Å². The molecule has 4 aromatic carbocycles. The van der Waals surface area contributed by atoms with Crippen LogP contribution < -0.4 is 0 Å². The molecule has 0 radical (unpaired) electrons. The van der Waals surface area contributed by atoms with Gasteiger partial charge in [0.1, 0.15) is 6.61 Å². The summed E-state index contributed by atoms with van der Waals surface area (Å²) in [5, 5.41) is 4.09. The fourth-order valence-corrected chi connectivity index (χ4v) is 5.92. The van der Waals surface area contributed by atoms with Crippen molar-refractivity contribution in [3.63, 3.8) is 0 Å². The number of hydrogen-bond acceptors (Lipinski definition) is 3. The van der Waals surface area contributed by atoms with Crippen LogP contribution in [-0.4, -0.2) is 21.6 Å². The van der Waals surface area contributed by atoms with E-state index in [4.69, 9.17) is 4.74 Å². The zero-order valence-corrected chi connectivity index (χ0v) is 22.2. The Morgan fingerprint density at radius 3 is 1.82 bits per heavy atom. The summed E-state index contributed by atoms with van der Waals surface area (Å²) < 4.78 is 5.96. The fraction of sp³-hybridized carbons (Fsp3) is 0.229. The van der Waals surface area contributed by atoms with Crippen molar-refractivity contribution in [2.24, 2.45) is 0 Å². The predicted octanol–water partition coefficient (Wildman–Crippen LogP) is 8.47. The SMILES string of the molecule is O=C(OCc1ccccc1)N1C(c2ccc(-c3ccccc3)cc2)=CC2(CCCCC2)N1Cc1ccccc1. The standard InChI is InChI=1S/C35H34N2O2/c38-34(39-27-29-15-7-2-8-16-29)37-33(32-21-19-31(20-22-32)30-17-9-3-10-18-30)25-35(23-11-4-12-24-35)36(37)26-28-13-5-1-6-14-28/h1-3,5-10,13-22,25H,4,11-12,23-24,26-27H2. The van der Waals surface area contributed by atoms with Crippen LogP contribution in [0, 0.1) is 0 Å². The predicted molar refractivity (Wildman–Crippen MR) is 156 cm³/mol. The molecule has 4 aromatic rings. The summed E-state index contributed by atoms with van der Waals surface area (Å²) in [6.45, 7) is 0.881. The van der Waals surface area contributed by atoms with Gasteiger partial charge in [-0.05, 0) is 46.7 Å². The number of ether oxygens (including phenoxy) is 1. The highest BCUT2D eigenvalue weighted by molar-refractivity contribution is 5.84. The molecule has 39 heavy (non-hydrogen) atoms. The molecule has 1 aliphatic carbocycles. The Balaban J connectivity index is 1.37. The Kier molecular flexibility index (Phi) is 7.29. The Morgan fingerprint density at radius 1 is 0.641 bits per heavy atom. The lowest BCUT2D eigenvalue weighted by Crippen LogP contribution is -2.53. The van der Waals surface area contributed by atoms with Gasteiger partial charge in [-0.3, -0.25) is 0 Å². The summed E-state index contributed by atoms with van der Waals surface area (Å²) in [5.41, 5.74) is 6.20. The highest BCUT2D eigenvalue weighted by Gasteiger charge is 2.48. The average Bonchev–Trinajstić information content (AvgIpc) is 3.30. The van der Waals surface area contributed by atoms with Crippen LogP contribution in [0.4, 0.5) is 4.79 Å². The van der Waals surface area contributed by atoms with Crippen molar-refractivity contribution in [3.8, 4) is 11.1 Å². The molecule has 2 aliphatic rings.